The minimum absolute atomic E-state index is 0.599. The summed E-state index contributed by atoms with van der Waals surface area (Å²) in [6.07, 6.45) is 1.80. The van der Waals surface area contributed by atoms with Crippen LogP contribution in [0.4, 0.5) is 0 Å². The highest BCUT2D eigenvalue weighted by Gasteiger charge is 2.21. The maximum absolute atomic E-state index is 6.35. The van der Waals surface area contributed by atoms with Gasteiger partial charge in [0.05, 0.1) is 11.0 Å². The summed E-state index contributed by atoms with van der Waals surface area (Å²) < 4.78 is 8.66. The Kier molecular flexibility index (Phi) is 5.77. The second kappa shape index (κ2) is 10.4. The lowest BCUT2D eigenvalue weighted by molar-refractivity contribution is 0.672. The van der Waals surface area contributed by atoms with Crippen LogP contribution in [0.1, 0.15) is 0 Å². The molecule has 224 valence electrons. The van der Waals surface area contributed by atoms with Crippen molar-refractivity contribution in [1.29, 1.82) is 0 Å². The number of furan rings is 1. The molecule has 0 unspecified atom stereocenters. The summed E-state index contributed by atoms with van der Waals surface area (Å²) in [5, 5.41) is 5.21. The van der Waals surface area contributed by atoms with Crippen LogP contribution in [0, 0.1) is 0 Å². The van der Waals surface area contributed by atoms with E-state index in [4.69, 9.17) is 19.4 Å². The number of fused-ring (bicyclic) bond motifs is 8. The molecule has 0 saturated heterocycles. The van der Waals surface area contributed by atoms with Crippen molar-refractivity contribution in [3.63, 3.8) is 0 Å². The Morgan fingerprint density at radius 2 is 1.12 bits per heavy atom. The molecule has 0 aliphatic heterocycles. The summed E-state index contributed by atoms with van der Waals surface area (Å²) in [5.41, 5.74) is 8.53. The predicted molar refractivity (Wildman–Crippen MR) is 193 cm³/mol. The molecule has 0 bridgehead atoms. The molecule has 0 amide bonds. The van der Waals surface area contributed by atoms with Crippen molar-refractivity contribution in [3.8, 4) is 39.9 Å². The first-order chi connectivity index (χ1) is 23.8. The molecule has 0 fully saturated rings. The molecular formula is C42H25N5O. The van der Waals surface area contributed by atoms with Crippen LogP contribution in [0.5, 0.6) is 0 Å². The third-order valence-electron chi connectivity index (χ3n) is 9.11. The molecule has 0 spiro atoms. The van der Waals surface area contributed by atoms with Gasteiger partial charge in [-0.1, -0.05) is 103 Å². The van der Waals surface area contributed by atoms with Crippen LogP contribution in [0.2, 0.25) is 0 Å². The summed E-state index contributed by atoms with van der Waals surface area (Å²) in [4.78, 5) is 20.1. The number of benzene rings is 6. The van der Waals surface area contributed by atoms with Crippen molar-refractivity contribution in [2.24, 2.45) is 0 Å². The Balaban J connectivity index is 1.26. The highest BCUT2D eigenvalue weighted by Crippen LogP contribution is 2.40. The number of hydrogen-bond acceptors (Lipinski definition) is 5. The van der Waals surface area contributed by atoms with E-state index >= 15 is 0 Å². The van der Waals surface area contributed by atoms with Crippen molar-refractivity contribution in [2.45, 2.75) is 0 Å². The Bertz CT molecular complexity index is 2840. The second-order valence-corrected chi connectivity index (χ2v) is 11.9. The van der Waals surface area contributed by atoms with Crippen molar-refractivity contribution >= 4 is 54.6 Å². The van der Waals surface area contributed by atoms with Gasteiger partial charge in [0.25, 0.3) is 0 Å². The molecule has 48 heavy (non-hydrogen) atoms. The predicted octanol–water partition coefficient (Wildman–Crippen LogP) is 10.4. The molecule has 6 nitrogen and oxygen atoms in total. The van der Waals surface area contributed by atoms with Crippen molar-refractivity contribution in [1.82, 2.24) is 24.5 Å². The van der Waals surface area contributed by atoms with E-state index in [2.05, 4.69) is 101 Å². The fourth-order valence-electron chi connectivity index (χ4n) is 7.00. The molecule has 0 N–H and O–H groups in total. The average molecular weight is 616 g/mol. The molecule has 4 heterocycles. The van der Waals surface area contributed by atoms with Crippen LogP contribution in [0.15, 0.2) is 156 Å². The number of rotatable bonds is 4. The van der Waals surface area contributed by atoms with E-state index in [1.807, 2.05) is 54.6 Å². The van der Waals surface area contributed by atoms with Crippen LogP contribution in [-0.4, -0.2) is 24.5 Å². The average Bonchev–Trinajstić information content (AvgIpc) is 3.71. The summed E-state index contributed by atoms with van der Waals surface area (Å²) in [6, 6.07) is 49.7. The molecule has 10 aromatic rings. The normalized spacial score (nSPS) is 11.8. The summed E-state index contributed by atoms with van der Waals surface area (Å²) in [6.45, 7) is 0. The highest BCUT2D eigenvalue weighted by molar-refractivity contribution is 6.17. The first-order valence-electron chi connectivity index (χ1n) is 15.9. The van der Waals surface area contributed by atoms with Crippen molar-refractivity contribution in [2.75, 3.05) is 0 Å². The fourth-order valence-corrected chi connectivity index (χ4v) is 7.00. The minimum atomic E-state index is 0.599. The number of nitrogens with zero attached hydrogens (tertiary/aromatic N) is 5. The zero-order valence-corrected chi connectivity index (χ0v) is 25.6. The molecule has 4 aromatic heterocycles. The Morgan fingerprint density at radius 3 is 2.00 bits per heavy atom. The first kappa shape index (κ1) is 26.5. The first-order valence-corrected chi connectivity index (χ1v) is 15.9. The SMILES string of the molecule is c1ccc(-c2nc(-c3cccc4c3ccc3c5ncccc5oc43)nc(-c3cccc4c3c3ccccc3n4-c3ccccc3)n2)cc1. The van der Waals surface area contributed by atoms with Gasteiger partial charge in [-0.25, -0.2) is 15.0 Å². The highest BCUT2D eigenvalue weighted by atomic mass is 16.3. The molecule has 0 saturated carbocycles. The van der Waals surface area contributed by atoms with Gasteiger partial charge in [0.15, 0.2) is 23.1 Å². The number of hydrogen-bond donors (Lipinski definition) is 0. The summed E-state index contributed by atoms with van der Waals surface area (Å²) in [7, 11) is 0. The zero-order valence-electron chi connectivity index (χ0n) is 25.6. The Morgan fingerprint density at radius 1 is 0.458 bits per heavy atom. The maximum atomic E-state index is 6.35. The smallest absolute Gasteiger partial charge is 0.164 e. The minimum Gasteiger partial charge on any atom is -0.454 e. The summed E-state index contributed by atoms with van der Waals surface area (Å²) in [5.74, 6) is 1.83. The van der Waals surface area contributed by atoms with Gasteiger partial charge in [-0.05, 0) is 47.9 Å². The standard InChI is InChI=1S/C42H25N5O/c1-3-12-26(13-4-1)40-44-41(30-18-9-17-29-28(30)23-24-33-38-36(48-39(29)33)22-11-25-43-38)46-42(45-40)32-19-10-21-35-37(32)31-16-7-8-20-34(31)47(35)27-14-5-2-6-15-27/h1-25H. The number of pyridine rings is 1. The van der Waals surface area contributed by atoms with Crippen LogP contribution in [0.25, 0.3) is 94.5 Å². The lowest BCUT2D eigenvalue weighted by Gasteiger charge is -2.11. The van der Waals surface area contributed by atoms with Gasteiger partial charge in [-0.2, -0.15) is 0 Å². The summed E-state index contributed by atoms with van der Waals surface area (Å²) >= 11 is 0. The van der Waals surface area contributed by atoms with Crippen molar-refractivity contribution in [3.05, 3.63) is 152 Å². The molecule has 10 rings (SSSR count). The van der Waals surface area contributed by atoms with Crippen LogP contribution in [-0.2, 0) is 0 Å². The van der Waals surface area contributed by atoms with E-state index in [1.165, 1.54) is 0 Å². The number of para-hydroxylation sites is 2. The molecule has 0 aliphatic carbocycles. The quantitative estimate of drug-likeness (QED) is 0.197. The van der Waals surface area contributed by atoms with E-state index in [9.17, 15) is 0 Å². The number of aromatic nitrogens is 5. The molecule has 0 radical (unpaired) electrons. The van der Waals surface area contributed by atoms with E-state index < -0.39 is 0 Å². The second-order valence-electron chi connectivity index (χ2n) is 11.9. The van der Waals surface area contributed by atoms with Gasteiger partial charge in [0.1, 0.15) is 11.1 Å². The third kappa shape index (κ3) is 3.99. The van der Waals surface area contributed by atoms with Crippen LogP contribution < -0.4 is 0 Å². The van der Waals surface area contributed by atoms with Gasteiger partial charge in [-0.3, -0.25) is 4.98 Å². The van der Waals surface area contributed by atoms with Gasteiger partial charge in [-0.15, -0.1) is 0 Å². The Labute approximate surface area is 274 Å². The molecule has 6 heteroatoms. The lowest BCUT2D eigenvalue weighted by Crippen LogP contribution is -2.01. The van der Waals surface area contributed by atoms with Gasteiger partial charge < -0.3 is 8.98 Å². The van der Waals surface area contributed by atoms with E-state index in [0.29, 0.717) is 17.5 Å². The Hall–Kier alpha value is -6.66. The van der Waals surface area contributed by atoms with Crippen LogP contribution >= 0.6 is 0 Å². The zero-order chi connectivity index (χ0) is 31.6. The monoisotopic (exact) mass is 615 g/mol. The van der Waals surface area contributed by atoms with Crippen LogP contribution in [0.3, 0.4) is 0 Å². The maximum Gasteiger partial charge on any atom is 0.164 e. The molecule has 0 atom stereocenters. The van der Waals surface area contributed by atoms with Gasteiger partial charge in [0, 0.05) is 50.1 Å². The van der Waals surface area contributed by atoms with E-state index in [-0.39, 0.29) is 0 Å². The van der Waals surface area contributed by atoms with Crippen molar-refractivity contribution < 1.29 is 4.42 Å². The molecular weight excluding hydrogens is 590 g/mol. The fraction of sp³-hybridized carbons (Fsp3) is 0. The van der Waals surface area contributed by atoms with E-state index in [0.717, 1.165) is 77.0 Å². The lowest BCUT2D eigenvalue weighted by atomic mass is 10.0. The third-order valence-corrected chi connectivity index (χ3v) is 9.11. The molecule has 6 aromatic carbocycles. The van der Waals surface area contributed by atoms with E-state index in [1.54, 1.807) is 6.20 Å². The molecule has 0 aliphatic rings. The largest absolute Gasteiger partial charge is 0.454 e. The topological polar surface area (TPSA) is 69.6 Å². The van der Waals surface area contributed by atoms with Gasteiger partial charge >= 0.3 is 0 Å². The van der Waals surface area contributed by atoms with Gasteiger partial charge in [0.2, 0.25) is 0 Å².